The van der Waals surface area contributed by atoms with Gasteiger partial charge in [-0.25, -0.2) is 4.98 Å². The van der Waals surface area contributed by atoms with Gasteiger partial charge >= 0.3 is 0 Å². The number of carbonyl (C=O) groups excluding carboxylic acids is 1. The van der Waals surface area contributed by atoms with Crippen LogP contribution in [0.25, 0.3) is 0 Å². The number of amides is 1. The number of hydrogen-bond acceptors (Lipinski definition) is 4. The first kappa shape index (κ1) is 14.1. The van der Waals surface area contributed by atoms with Crippen LogP contribution in [0, 0.1) is 20.8 Å². The van der Waals surface area contributed by atoms with E-state index in [1.54, 1.807) is 6.92 Å². The summed E-state index contributed by atoms with van der Waals surface area (Å²) >= 11 is 0. The van der Waals surface area contributed by atoms with Crippen molar-refractivity contribution in [2.45, 2.75) is 27.3 Å². The normalized spacial score (nSPS) is 10.3. The highest BCUT2D eigenvalue weighted by molar-refractivity contribution is 5.77. The summed E-state index contributed by atoms with van der Waals surface area (Å²) in [6, 6.07) is 7.58. The van der Waals surface area contributed by atoms with Gasteiger partial charge in [0.15, 0.2) is 12.5 Å². The van der Waals surface area contributed by atoms with Crippen LogP contribution in [0.5, 0.6) is 5.75 Å². The van der Waals surface area contributed by atoms with Crippen molar-refractivity contribution in [1.29, 1.82) is 0 Å². The first-order valence-corrected chi connectivity index (χ1v) is 6.44. The monoisotopic (exact) mass is 274 g/mol. The van der Waals surface area contributed by atoms with Crippen molar-refractivity contribution < 1.29 is 13.9 Å². The lowest BCUT2D eigenvalue weighted by Crippen LogP contribution is -2.28. The van der Waals surface area contributed by atoms with E-state index in [1.807, 2.05) is 38.1 Å². The zero-order valence-electron chi connectivity index (χ0n) is 11.9. The third-order valence-electron chi connectivity index (χ3n) is 2.90. The van der Waals surface area contributed by atoms with Crippen molar-refractivity contribution in [1.82, 2.24) is 10.3 Å². The molecule has 20 heavy (non-hydrogen) atoms. The van der Waals surface area contributed by atoms with E-state index in [0.29, 0.717) is 23.9 Å². The standard InChI is InChI=1S/C15H18N2O3/c1-10-6-4-5-7-13(10)19-9-15(18)16-8-14-11(2)17-12(3)20-14/h4-7H,8-9H2,1-3H3,(H,16,18). The van der Waals surface area contributed by atoms with Gasteiger partial charge in [0, 0.05) is 6.92 Å². The molecule has 0 bridgehead atoms. The van der Waals surface area contributed by atoms with Gasteiger partial charge in [-0.2, -0.15) is 0 Å². The minimum atomic E-state index is -0.193. The first-order valence-electron chi connectivity index (χ1n) is 6.44. The zero-order valence-corrected chi connectivity index (χ0v) is 11.9. The Morgan fingerprint density at radius 1 is 1.30 bits per heavy atom. The molecule has 0 unspecified atom stereocenters. The molecule has 2 aromatic rings. The van der Waals surface area contributed by atoms with Gasteiger partial charge in [0.2, 0.25) is 0 Å². The second-order valence-corrected chi connectivity index (χ2v) is 4.57. The molecule has 0 aliphatic carbocycles. The number of aryl methyl sites for hydroxylation is 3. The molecular weight excluding hydrogens is 256 g/mol. The molecule has 1 heterocycles. The Hall–Kier alpha value is -2.30. The molecule has 0 fully saturated rings. The average molecular weight is 274 g/mol. The molecule has 5 heteroatoms. The number of oxazole rings is 1. The summed E-state index contributed by atoms with van der Waals surface area (Å²) in [5.41, 5.74) is 1.80. The summed E-state index contributed by atoms with van der Waals surface area (Å²) < 4.78 is 10.8. The quantitative estimate of drug-likeness (QED) is 0.908. The lowest BCUT2D eigenvalue weighted by molar-refractivity contribution is -0.123. The van der Waals surface area contributed by atoms with Gasteiger partial charge in [-0.05, 0) is 25.5 Å². The van der Waals surface area contributed by atoms with E-state index in [9.17, 15) is 4.79 Å². The molecule has 0 spiro atoms. The van der Waals surface area contributed by atoms with Gasteiger partial charge in [0.1, 0.15) is 11.5 Å². The average Bonchev–Trinajstić information content (AvgIpc) is 2.74. The van der Waals surface area contributed by atoms with Crippen LogP contribution in [0.1, 0.15) is 22.9 Å². The SMILES string of the molecule is Cc1nc(C)c(CNC(=O)COc2ccccc2C)o1. The number of nitrogens with zero attached hydrogens (tertiary/aromatic N) is 1. The maximum atomic E-state index is 11.7. The van der Waals surface area contributed by atoms with Crippen LogP contribution in [0.4, 0.5) is 0 Å². The molecule has 0 saturated heterocycles. The second kappa shape index (κ2) is 6.23. The smallest absolute Gasteiger partial charge is 0.258 e. The van der Waals surface area contributed by atoms with Crippen LogP contribution >= 0.6 is 0 Å². The van der Waals surface area contributed by atoms with Crippen molar-refractivity contribution in [3.8, 4) is 5.75 Å². The third kappa shape index (κ3) is 3.60. The largest absolute Gasteiger partial charge is 0.484 e. The number of rotatable bonds is 5. The van der Waals surface area contributed by atoms with Crippen molar-refractivity contribution >= 4 is 5.91 Å². The van der Waals surface area contributed by atoms with E-state index in [-0.39, 0.29) is 12.5 Å². The Balaban J connectivity index is 1.82. The van der Waals surface area contributed by atoms with Gasteiger partial charge in [-0.1, -0.05) is 18.2 Å². The highest BCUT2D eigenvalue weighted by Crippen LogP contribution is 2.15. The van der Waals surface area contributed by atoms with Gasteiger partial charge in [0.25, 0.3) is 5.91 Å². The highest BCUT2D eigenvalue weighted by atomic mass is 16.5. The fourth-order valence-electron chi connectivity index (χ4n) is 1.83. The molecule has 0 saturated carbocycles. The van der Waals surface area contributed by atoms with Crippen molar-refractivity contribution in [2.75, 3.05) is 6.61 Å². The molecule has 0 aliphatic rings. The number of ether oxygens (including phenoxy) is 1. The minimum absolute atomic E-state index is 0.0168. The van der Waals surface area contributed by atoms with E-state index < -0.39 is 0 Å². The highest BCUT2D eigenvalue weighted by Gasteiger charge is 2.09. The van der Waals surface area contributed by atoms with Crippen LogP contribution in [-0.4, -0.2) is 17.5 Å². The molecule has 5 nitrogen and oxygen atoms in total. The van der Waals surface area contributed by atoms with E-state index in [1.165, 1.54) is 0 Å². The van der Waals surface area contributed by atoms with Crippen molar-refractivity contribution in [3.63, 3.8) is 0 Å². The second-order valence-electron chi connectivity index (χ2n) is 4.57. The predicted octanol–water partition coefficient (Wildman–Crippen LogP) is 2.30. The molecule has 1 N–H and O–H groups in total. The van der Waals surface area contributed by atoms with E-state index in [0.717, 1.165) is 11.3 Å². The zero-order chi connectivity index (χ0) is 14.5. The summed E-state index contributed by atoms with van der Waals surface area (Å²) in [7, 11) is 0. The van der Waals surface area contributed by atoms with Crippen molar-refractivity contribution in [2.24, 2.45) is 0 Å². The fraction of sp³-hybridized carbons (Fsp3) is 0.333. The van der Waals surface area contributed by atoms with Crippen LogP contribution in [-0.2, 0) is 11.3 Å². The maximum Gasteiger partial charge on any atom is 0.258 e. The van der Waals surface area contributed by atoms with Gasteiger partial charge < -0.3 is 14.5 Å². The minimum Gasteiger partial charge on any atom is -0.484 e. The van der Waals surface area contributed by atoms with E-state index in [2.05, 4.69) is 10.3 Å². The predicted molar refractivity (Wildman–Crippen MR) is 74.5 cm³/mol. The maximum absolute atomic E-state index is 11.7. The van der Waals surface area contributed by atoms with Gasteiger partial charge in [-0.15, -0.1) is 0 Å². The lowest BCUT2D eigenvalue weighted by Gasteiger charge is -2.08. The molecule has 0 aliphatic heterocycles. The Morgan fingerprint density at radius 3 is 2.70 bits per heavy atom. The molecule has 1 aromatic carbocycles. The van der Waals surface area contributed by atoms with Crippen LogP contribution in [0.2, 0.25) is 0 Å². The van der Waals surface area contributed by atoms with Crippen molar-refractivity contribution in [3.05, 3.63) is 47.2 Å². The molecule has 1 aromatic heterocycles. The molecule has 2 rings (SSSR count). The van der Waals surface area contributed by atoms with Gasteiger partial charge in [0.05, 0.1) is 12.2 Å². The molecule has 1 amide bonds. The third-order valence-corrected chi connectivity index (χ3v) is 2.90. The number of nitrogens with one attached hydrogen (secondary N) is 1. The first-order chi connectivity index (χ1) is 9.56. The lowest BCUT2D eigenvalue weighted by atomic mass is 10.2. The fourth-order valence-corrected chi connectivity index (χ4v) is 1.83. The number of aromatic nitrogens is 1. The Labute approximate surface area is 118 Å². The van der Waals surface area contributed by atoms with Crippen LogP contribution < -0.4 is 10.1 Å². The van der Waals surface area contributed by atoms with E-state index >= 15 is 0 Å². The van der Waals surface area contributed by atoms with Crippen LogP contribution in [0.15, 0.2) is 28.7 Å². The number of hydrogen-bond donors (Lipinski definition) is 1. The summed E-state index contributed by atoms with van der Waals surface area (Å²) in [6.45, 7) is 5.87. The summed E-state index contributed by atoms with van der Waals surface area (Å²) in [4.78, 5) is 15.9. The molecule has 0 atom stereocenters. The summed E-state index contributed by atoms with van der Waals surface area (Å²) in [5.74, 6) is 1.80. The Morgan fingerprint density at radius 2 is 2.05 bits per heavy atom. The molecule has 106 valence electrons. The Kier molecular flexibility index (Phi) is 4.40. The van der Waals surface area contributed by atoms with Crippen LogP contribution in [0.3, 0.4) is 0 Å². The number of carbonyl (C=O) groups is 1. The Bertz CT molecular complexity index is 605. The summed E-state index contributed by atoms with van der Waals surface area (Å²) in [6.07, 6.45) is 0. The number of para-hydroxylation sites is 1. The van der Waals surface area contributed by atoms with E-state index in [4.69, 9.17) is 9.15 Å². The summed E-state index contributed by atoms with van der Waals surface area (Å²) in [5, 5.41) is 2.75. The van der Waals surface area contributed by atoms with Gasteiger partial charge in [-0.3, -0.25) is 4.79 Å². The number of benzene rings is 1. The topological polar surface area (TPSA) is 64.4 Å². The molecular formula is C15H18N2O3. The molecule has 0 radical (unpaired) electrons.